The molecule has 1 aromatic rings. The number of hydrogen-bond acceptors (Lipinski definition) is 20. The Morgan fingerprint density at radius 3 is 1.57 bits per heavy atom. The molecule has 0 saturated heterocycles. The molecule has 0 fully saturated rings. The highest BCUT2D eigenvalue weighted by molar-refractivity contribution is 5.92. The molecule has 0 unspecified atom stereocenters. The van der Waals surface area contributed by atoms with Crippen molar-refractivity contribution in [2.75, 3.05) is 65.9 Å². The summed E-state index contributed by atoms with van der Waals surface area (Å²) in [6.07, 6.45) is 19.2. The van der Waals surface area contributed by atoms with E-state index >= 15 is 0 Å². The standard InChI is InChI=1S/C34H58N6O12.C32H54N2O11.H2/c1-3-7-27(42)9-6-12-49-14-16-51-22-31(45)38-11-13-50-15-17-52-21-30(44)37-10-5-4-8-25(33(46)40-32(24(2)41)34(47)48)18-29(43)28(35)19-26-20-36-23-39-26;1-23(30(40)41)33-28(37)21-18-24(31(42)43)22-25(35)19-20-26(32(44)45)34-27(36)16-14-12-10-8-6-4-2-3-5-7-9-11-13-15-17-29(38)39;/h20,23-25,28,32,41H,3-19,21-22,35H2,1-2H3,(H,36,39)(H,37,44)(H,38,45)(H,40,46)(H,47,48);23-24,26H,2-22H2,1H3,(H,33,37)(H,34,36)(H,38,39)(H,40,41)(H,42,43)(H,44,45);1H/t24-,25-,28+,32+;23-,24+,26-;/m10./s1. The number of ether oxygens (including phenoxy) is 4. The number of carboxylic acids is 5. The van der Waals surface area contributed by atoms with E-state index in [1.165, 1.54) is 58.5 Å². The molecular weight excluding hydrogens is 1270 g/mol. The number of aromatic nitrogens is 2. The second-order valence-electron chi connectivity index (χ2n) is 24.0. The zero-order chi connectivity index (χ0) is 72.6. The molecule has 31 heteroatoms. The van der Waals surface area contributed by atoms with Crippen LogP contribution in [0.4, 0.5) is 0 Å². The largest absolute Gasteiger partial charge is 0.481 e. The molecule has 14 N–H and O–H groups in total. The number of unbranched alkanes of at least 4 members (excludes halogenated alkanes) is 14. The van der Waals surface area contributed by atoms with Gasteiger partial charge in [-0.1, -0.05) is 90.4 Å². The first-order valence-corrected chi connectivity index (χ1v) is 34.1. The van der Waals surface area contributed by atoms with E-state index in [1.54, 1.807) is 0 Å². The first-order valence-electron chi connectivity index (χ1n) is 34.1. The molecule has 5 amide bonds. The molecule has 0 radical (unpaired) electrons. The summed E-state index contributed by atoms with van der Waals surface area (Å²) in [5.74, 6) is -11.1. The second-order valence-corrected chi connectivity index (χ2v) is 24.0. The lowest BCUT2D eigenvalue weighted by molar-refractivity contribution is -0.145. The number of rotatable bonds is 63. The van der Waals surface area contributed by atoms with Crippen molar-refractivity contribution in [2.45, 2.75) is 244 Å². The highest BCUT2D eigenvalue weighted by Gasteiger charge is 2.31. The lowest BCUT2D eigenvalue weighted by Crippen LogP contribution is -2.50. The maximum Gasteiger partial charge on any atom is 0.328 e. The van der Waals surface area contributed by atoms with E-state index in [-0.39, 0.29) is 135 Å². The van der Waals surface area contributed by atoms with Gasteiger partial charge in [0.05, 0.1) is 57.4 Å². The molecule has 556 valence electrons. The molecule has 1 aromatic heterocycles. The van der Waals surface area contributed by atoms with Crippen molar-refractivity contribution in [1.82, 2.24) is 36.6 Å². The SMILES string of the molecule is CCCC(=O)CCCOCCOCC(=O)NCCOCCOCC(=O)NCCCC[C@H](CC(=O)[C@@H](N)Cc1cnc[nH]1)C(=O)N[C@H](C(=O)O)[C@@H](C)O.C[C@H](NC(=O)CC[C@H](CC(=O)CC[C@H](NC(=O)CCCCCCCCCCCCCCCCC(=O)O)C(=O)O)C(=O)O)C(=O)O.[HH]. The number of imidazole rings is 1. The molecule has 0 aromatic carbocycles. The monoisotopic (exact) mass is 1390 g/mol. The number of nitrogens with one attached hydrogen (secondary N) is 6. The topological polar surface area (TPSA) is 495 Å². The number of amides is 5. The number of hydrogen-bond donors (Lipinski definition) is 13. The van der Waals surface area contributed by atoms with E-state index in [9.17, 15) is 82.8 Å². The number of carboxylic acid groups (broad SMARTS) is 5. The van der Waals surface area contributed by atoms with Gasteiger partial charge in [-0.05, 0) is 65.2 Å². The average Bonchev–Trinajstić information content (AvgIpc) is 1.15. The summed E-state index contributed by atoms with van der Waals surface area (Å²) in [6, 6.07) is -4.85. The smallest absolute Gasteiger partial charge is 0.328 e. The highest BCUT2D eigenvalue weighted by atomic mass is 16.5. The van der Waals surface area contributed by atoms with Gasteiger partial charge in [0.15, 0.2) is 11.8 Å². The number of nitrogens with two attached hydrogens (primary N) is 1. The summed E-state index contributed by atoms with van der Waals surface area (Å²) in [5.41, 5.74) is 6.69. The molecule has 1 heterocycles. The van der Waals surface area contributed by atoms with Crippen molar-refractivity contribution in [1.29, 1.82) is 0 Å². The Bertz CT molecular complexity index is 2460. The van der Waals surface area contributed by atoms with Crippen LogP contribution in [0, 0.1) is 11.8 Å². The third kappa shape index (κ3) is 51.6. The van der Waals surface area contributed by atoms with Crippen LogP contribution < -0.4 is 32.3 Å². The predicted octanol–water partition coefficient (Wildman–Crippen LogP) is 4.36. The quantitative estimate of drug-likeness (QED) is 0.0403. The Balaban J connectivity index is 0. The molecular formula is C66H114N8O23. The molecule has 0 aliphatic heterocycles. The van der Waals surface area contributed by atoms with Crippen molar-refractivity contribution >= 4 is 76.7 Å². The van der Waals surface area contributed by atoms with Crippen LogP contribution in [0.3, 0.4) is 0 Å². The summed E-state index contributed by atoms with van der Waals surface area (Å²) >= 11 is 0. The van der Waals surface area contributed by atoms with Gasteiger partial charge < -0.3 is 86.9 Å². The minimum absolute atomic E-state index is 0. The van der Waals surface area contributed by atoms with Gasteiger partial charge in [0.1, 0.15) is 36.9 Å². The van der Waals surface area contributed by atoms with E-state index in [1.807, 2.05) is 6.92 Å². The zero-order valence-electron chi connectivity index (χ0n) is 57.1. The predicted molar refractivity (Wildman–Crippen MR) is 355 cm³/mol. The zero-order valence-corrected chi connectivity index (χ0v) is 57.1. The van der Waals surface area contributed by atoms with Crippen molar-refractivity contribution < 1.29 is 113 Å². The number of H-pyrrole nitrogens is 1. The number of aliphatic hydroxyl groups is 1. The molecule has 0 saturated carbocycles. The summed E-state index contributed by atoms with van der Waals surface area (Å²) in [5, 5.41) is 67.7. The minimum atomic E-state index is -1.54. The van der Waals surface area contributed by atoms with Crippen LogP contribution in [-0.2, 0) is 87.7 Å². The number of ketones is 3. The lowest BCUT2D eigenvalue weighted by Gasteiger charge is -2.22. The first-order chi connectivity index (χ1) is 46.3. The summed E-state index contributed by atoms with van der Waals surface area (Å²) in [7, 11) is 0. The van der Waals surface area contributed by atoms with E-state index in [4.69, 9.17) is 34.9 Å². The van der Waals surface area contributed by atoms with Crippen LogP contribution in [-0.4, -0.2) is 214 Å². The van der Waals surface area contributed by atoms with Crippen LogP contribution in [0.25, 0.3) is 0 Å². The first kappa shape index (κ1) is 89.7. The maximum atomic E-state index is 13.0. The Hall–Kier alpha value is -7.32. The Labute approximate surface area is 570 Å². The molecule has 31 nitrogen and oxygen atoms in total. The molecule has 0 spiro atoms. The average molecular weight is 1390 g/mol. The van der Waals surface area contributed by atoms with Crippen molar-refractivity contribution in [2.24, 2.45) is 17.6 Å². The van der Waals surface area contributed by atoms with Crippen LogP contribution in [0.1, 0.15) is 214 Å². The molecule has 0 aliphatic carbocycles. The number of nitrogens with zero attached hydrogens (tertiary/aromatic N) is 1. The van der Waals surface area contributed by atoms with Crippen LogP contribution in [0.2, 0.25) is 0 Å². The highest BCUT2D eigenvalue weighted by Crippen LogP contribution is 2.19. The third-order valence-corrected chi connectivity index (χ3v) is 15.3. The fourth-order valence-corrected chi connectivity index (χ4v) is 9.66. The third-order valence-electron chi connectivity index (χ3n) is 15.3. The summed E-state index contributed by atoms with van der Waals surface area (Å²) < 4.78 is 21.3. The van der Waals surface area contributed by atoms with Crippen LogP contribution in [0.15, 0.2) is 12.5 Å². The number of carbonyl (C=O) groups excluding carboxylic acids is 8. The van der Waals surface area contributed by atoms with Crippen molar-refractivity contribution in [3.05, 3.63) is 18.2 Å². The van der Waals surface area contributed by atoms with Crippen molar-refractivity contribution in [3.63, 3.8) is 0 Å². The number of carbonyl (C=O) groups is 13. The number of aliphatic carboxylic acids is 5. The van der Waals surface area contributed by atoms with Gasteiger partial charge in [0.2, 0.25) is 29.5 Å². The normalized spacial score (nSPS) is 13.2. The van der Waals surface area contributed by atoms with Crippen LogP contribution >= 0.6 is 0 Å². The number of Topliss-reactive ketones (excluding diaryl/α,β-unsaturated/α-hetero) is 3. The lowest BCUT2D eigenvalue weighted by atomic mass is 9.91. The van der Waals surface area contributed by atoms with Crippen molar-refractivity contribution in [3.8, 4) is 0 Å². The Kier molecular flexibility index (Phi) is 53.4. The van der Waals surface area contributed by atoms with Gasteiger partial charge in [-0.15, -0.1) is 0 Å². The van der Waals surface area contributed by atoms with E-state index in [0.29, 0.717) is 57.4 Å². The molecule has 97 heavy (non-hydrogen) atoms. The van der Waals surface area contributed by atoms with Gasteiger partial charge >= 0.3 is 29.8 Å². The fraction of sp³-hybridized carbons (Fsp3) is 0.758. The van der Waals surface area contributed by atoms with Gasteiger partial charge in [0, 0.05) is 96.7 Å². The molecule has 0 bridgehead atoms. The maximum absolute atomic E-state index is 13.0. The summed E-state index contributed by atoms with van der Waals surface area (Å²) in [4.78, 5) is 160. The van der Waals surface area contributed by atoms with Gasteiger partial charge in [-0.2, -0.15) is 0 Å². The minimum Gasteiger partial charge on any atom is -0.481 e. The van der Waals surface area contributed by atoms with E-state index in [0.717, 1.165) is 57.8 Å². The molecule has 7 atom stereocenters. The van der Waals surface area contributed by atoms with Gasteiger partial charge in [-0.3, -0.25) is 52.7 Å². The fourth-order valence-electron chi connectivity index (χ4n) is 9.66. The molecule has 0 aliphatic rings. The Morgan fingerprint density at radius 1 is 0.505 bits per heavy atom. The number of aliphatic hydroxyl groups excluding tert-OH is 1. The van der Waals surface area contributed by atoms with Gasteiger partial charge in [-0.25, -0.2) is 14.6 Å². The van der Waals surface area contributed by atoms with E-state index in [2.05, 4.69) is 36.6 Å². The van der Waals surface area contributed by atoms with Crippen LogP contribution in [0.5, 0.6) is 0 Å². The van der Waals surface area contributed by atoms with E-state index < -0.39 is 102 Å². The molecule has 1 rings (SSSR count). The van der Waals surface area contributed by atoms with Gasteiger partial charge in [0.25, 0.3) is 0 Å². The second kappa shape index (κ2) is 57.7. The Morgan fingerprint density at radius 2 is 1.05 bits per heavy atom. The summed E-state index contributed by atoms with van der Waals surface area (Å²) in [6.45, 7) is 6.45. The number of aromatic amines is 1.